The summed E-state index contributed by atoms with van der Waals surface area (Å²) < 4.78 is 5.08. The Morgan fingerprint density at radius 3 is 2.12 bits per heavy atom. The molecule has 0 radical (unpaired) electrons. The number of ether oxygens (including phenoxy) is 1. The van der Waals surface area contributed by atoms with Crippen molar-refractivity contribution >= 4 is 17.8 Å². The van der Waals surface area contributed by atoms with Crippen LogP contribution in [0.4, 0.5) is 0 Å². The van der Waals surface area contributed by atoms with E-state index in [2.05, 4.69) is 4.98 Å². The molecule has 0 saturated carbocycles. The first kappa shape index (κ1) is 20.6. The largest absolute Gasteiger partial charge is 0.497 e. The quantitative estimate of drug-likeness (QED) is 0.777. The number of methoxy groups -OCH3 is 1. The van der Waals surface area contributed by atoms with Crippen LogP contribution in [0, 0.1) is 0 Å². The molecule has 0 unspecified atom stereocenters. The molecule has 1 amide bonds. The Morgan fingerprint density at radius 1 is 1.04 bits per heavy atom. The SMILES string of the molecule is COc1ccc(C(=O)N(C)CCc2ccccn2)cc1.O=C(O)C(=O)O. The van der Waals surface area contributed by atoms with E-state index >= 15 is 0 Å². The molecule has 0 fully saturated rings. The summed E-state index contributed by atoms with van der Waals surface area (Å²) in [6.45, 7) is 0.641. The van der Waals surface area contributed by atoms with Gasteiger partial charge in [0, 0.05) is 37.5 Å². The molecule has 138 valence electrons. The molecule has 2 N–H and O–H groups in total. The van der Waals surface area contributed by atoms with Crippen LogP contribution in [-0.2, 0) is 16.0 Å². The van der Waals surface area contributed by atoms with Crippen LogP contribution in [0.2, 0.25) is 0 Å². The van der Waals surface area contributed by atoms with Crippen molar-refractivity contribution < 1.29 is 29.3 Å². The number of carboxylic acid groups (broad SMARTS) is 2. The summed E-state index contributed by atoms with van der Waals surface area (Å²) in [6, 6.07) is 12.9. The lowest BCUT2D eigenvalue weighted by molar-refractivity contribution is -0.159. The summed E-state index contributed by atoms with van der Waals surface area (Å²) in [6.07, 6.45) is 2.51. The van der Waals surface area contributed by atoms with E-state index in [1.165, 1.54) is 0 Å². The summed E-state index contributed by atoms with van der Waals surface area (Å²) in [5, 5.41) is 14.8. The lowest BCUT2D eigenvalue weighted by Crippen LogP contribution is -2.28. The van der Waals surface area contributed by atoms with Crippen LogP contribution in [0.5, 0.6) is 5.75 Å². The first-order valence-corrected chi connectivity index (χ1v) is 7.60. The zero-order valence-electron chi connectivity index (χ0n) is 14.5. The normalized spacial score (nSPS) is 9.46. The molecule has 0 atom stereocenters. The van der Waals surface area contributed by atoms with Gasteiger partial charge in [0.25, 0.3) is 5.91 Å². The molecule has 0 aliphatic carbocycles. The molecular weight excluding hydrogens is 340 g/mol. The average molecular weight is 360 g/mol. The van der Waals surface area contributed by atoms with E-state index in [0.717, 1.165) is 17.9 Å². The maximum atomic E-state index is 12.2. The third-order valence-corrected chi connectivity index (χ3v) is 3.30. The standard InChI is InChI=1S/C16H18N2O2.C2H2O4/c1-18(12-10-14-5-3-4-11-17-14)16(19)13-6-8-15(20-2)9-7-13;3-1(4)2(5)6/h3-9,11H,10,12H2,1-2H3;(H,3,4)(H,5,6). The molecule has 1 aromatic heterocycles. The van der Waals surface area contributed by atoms with Crippen molar-refractivity contribution in [1.29, 1.82) is 0 Å². The molecule has 26 heavy (non-hydrogen) atoms. The lowest BCUT2D eigenvalue weighted by atomic mass is 10.2. The van der Waals surface area contributed by atoms with Crippen molar-refractivity contribution in [2.75, 3.05) is 20.7 Å². The highest BCUT2D eigenvalue weighted by Gasteiger charge is 2.11. The minimum absolute atomic E-state index is 0.00332. The Morgan fingerprint density at radius 2 is 1.65 bits per heavy atom. The van der Waals surface area contributed by atoms with Gasteiger partial charge in [-0.25, -0.2) is 9.59 Å². The Bertz CT molecular complexity index is 719. The molecule has 0 aliphatic rings. The van der Waals surface area contributed by atoms with Crippen LogP contribution in [0.25, 0.3) is 0 Å². The third-order valence-electron chi connectivity index (χ3n) is 3.30. The zero-order valence-corrected chi connectivity index (χ0v) is 14.5. The summed E-state index contributed by atoms with van der Waals surface area (Å²) >= 11 is 0. The number of rotatable bonds is 5. The molecule has 8 heteroatoms. The van der Waals surface area contributed by atoms with Crippen LogP contribution < -0.4 is 4.74 Å². The maximum absolute atomic E-state index is 12.2. The molecule has 0 bridgehead atoms. The fourth-order valence-electron chi connectivity index (χ4n) is 1.88. The summed E-state index contributed by atoms with van der Waals surface area (Å²) in [4.78, 5) is 36.4. The van der Waals surface area contributed by atoms with Crippen molar-refractivity contribution in [1.82, 2.24) is 9.88 Å². The van der Waals surface area contributed by atoms with E-state index in [9.17, 15) is 4.79 Å². The number of amides is 1. The first-order valence-electron chi connectivity index (χ1n) is 7.60. The van der Waals surface area contributed by atoms with Crippen molar-refractivity contribution in [2.45, 2.75) is 6.42 Å². The molecule has 1 aromatic carbocycles. The van der Waals surface area contributed by atoms with Crippen molar-refractivity contribution in [3.05, 3.63) is 59.9 Å². The number of carbonyl (C=O) groups is 3. The topological polar surface area (TPSA) is 117 Å². The van der Waals surface area contributed by atoms with E-state index in [1.807, 2.05) is 18.2 Å². The van der Waals surface area contributed by atoms with Gasteiger partial charge in [-0.1, -0.05) is 6.07 Å². The van der Waals surface area contributed by atoms with Crippen molar-refractivity contribution in [3.8, 4) is 5.75 Å². The highest BCUT2D eigenvalue weighted by Crippen LogP contribution is 2.12. The van der Waals surface area contributed by atoms with E-state index < -0.39 is 11.9 Å². The minimum atomic E-state index is -1.82. The molecular formula is C18H20N2O6. The second-order valence-corrected chi connectivity index (χ2v) is 5.14. The molecule has 2 rings (SSSR count). The van der Waals surface area contributed by atoms with Gasteiger partial charge in [-0.2, -0.15) is 0 Å². The Kier molecular flexibility index (Phi) is 8.29. The van der Waals surface area contributed by atoms with E-state index in [-0.39, 0.29) is 5.91 Å². The number of benzene rings is 1. The van der Waals surface area contributed by atoms with Crippen LogP contribution in [0.15, 0.2) is 48.7 Å². The van der Waals surface area contributed by atoms with Gasteiger partial charge in [0.15, 0.2) is 0 Å². The maximum Gasteiger partial charge on any atom is 0.414 e. The van der Waals surface area contributed by atoms with Gasteiger partial charge in [-0.15, -0.1) is 0 Å². The van der Waals surface area contributed by atoms with E-state index in [0.29, 0.717) is 12.1 Å². The molecule has 0 spiro atoms. The molecule has 2 aromatic rings. The second-order valence-electron chi connectivity index (χ2n) is 5.14. The minimum Gasteiger partial charge on any atom is -0.497 e. The van der Waals surface area contributed by atoms with Crippen LogP contribution in [-0.4, -0.2) is 58.6 Å². The molecule has 0 saturated heterocycles. The number of aliphatic carboxylic acids is 2. The number of carboxylic acids is 2. The molecule has 0 aliphatic heterocycles. The Balaban J connectivity index is 0.000000487. The van der Waals surface area contributed by atoms with Gasteiger partial charge in [0.1, 0.15) is 5.75 Å². The van der Waals surface area contributed by atoms with Crippen LogP contribution >= 0.6 is 0 Å². The van der Waals surface area contributed by atoms with Gasteiger partial charge in [0.05, 0.1) is 7.11 Å². The number of aromatic nitrogens is 1. The highest BCUT2D eigenvalue weighted by molar-refractivity contribution is 6.27. The number of likely N-dealkylation sites (N-methyl/N-ethyl adjacent to an activating group) is 1. The fraction of sp³-hybridized carbons (Fsp3) is 0.222. The number of carbonyl (C=O) groups excluding carboxylic acids is 1. The first-order chi connectivity index (χ1) is 12.3. The van der Waals surface area contributed by atoms with Gasteiger partial charge in [-0.05, 0) is 36.4 Å². The number of nitrogens with zero attached hydrogens (tertiary/aromatic N) is 2. The summed E-state index contributed by atoms with van der Waals surface area (Å²) in [5.41, 5.74) is 1.65. The van der Waals surface area contributed by atoms with E-state index in [1.54, 1.807) is 49.5 Å². The van der Waals surface area contributed by atoms with Gasteiger partial charge in [-0.3, -0.25) is 9.78 Å². The molecule has 1 heterocycles. The van der Waals surface area contributed by atoms with Gasteiger partial charge >= 0.3 is 11.9 Å². The highest BCUT2D eigenvalue weighted by atomic mass is 16.5. The average Bonchev–Trinajstić information content (AvgIpc) is 2.66. The predicted octanol–water partition coefficient (Wildman–Crippen LogP) is 1.56. The Hall–Kier alpha value is -3.42. The third kappa shape index (κ3) is 7.00. The van der Waals surface area contributed by atoms with E-state index in [4.69, 9.17) is 24.5 Å². The smallest absolute Gasteiger partial charge is 0.414 e. The van der Waals surface area contributed by atoms with Crippen molar-refractivity contribution in [3.63, 3.8) is 0 Å². The zero-order chi connectivity index (χ0) is 19.5. The summed E-state index contributed by atoms with van der Waals surface area (Å²) in [7, 11) is 3.41. The predicted molar refractivity (Wildman–Crippen MR) is 93.2 cm³/mol. The van der Waals surface area contributed by atoms with Gasteiger partial charge < -0.3 is 19.8 Å². The fourth-order valence-corrected chi connectivity index (χ4v) is 1.88. The second kappa shape index (κ2) is 10.4. The van der Waals surface area contributed by atoms with Crippen LogP contribution in [0.3, 0.4) is 0 Å². The number of pyridine rings is 1. The van der Waals surface area contributed by atoms with Crippen molar-refractivity contribution in [2.24, 2.45) is 0 Å². The number of hydrogen-bond acceptors (Lipinski definition) is 5. The Labute approximate surface area is 150 Å². The van der Waals surface area contributed by atoms with Gasteiger partial charge in [0.2, 0.25) is 0 Å². The summed E-state index contributed by atoms with van der Waals surface area (Å²) in [5.74, 6) is -2.90. The number of hydrogen-bond donors (Lipinski definition) is 2. The van der Waals surface area contributed by atoms with Crippen LogP contribution in [0.1, 0.15) is 16.1 Å². The monoisotopic (exact) mass is 360 g/mol. The lowest BCUT2D eigenvalue weighted by Gasteiger charge is -2.17. The molecule has 8 nitrogen and oxygen atoms in total.